The number of aromatic nitrogens is 1. The van der Waals surface area contributed by atoms with Crippen LogP contribution in [0.2, 0.25) is 0 Å². The molecular formula is C16H18F3NO2S. The van der Waals surface area contributed by atoms with Crippen LogP contribution in [0.4, 0.5) is 13.2 Å². The highest BCUT2D eigenvalue weighted by atomic mass is 32.2. The molecule has 0 radical (unpaired) electrons. The number of aliphatic hydroxyl groups is 1. The Balaban J connectivity index is 2.47. The third-order valence-corrected chi connectivity index (χ3v) is 4.00. The van der Waals surface area contributed by atoms with Gasteiger partial charge in [0.2, 0.25) is 0 Å². The van der Waals surface area contributed by atoms with Gasteiger partial charge in [0, 0.05) is 23.0 Å². The Hall–Kier alpha value is -1.47. The molecule has 0 amide bonds. The number of hydrogen-bond donors (Lipinski definition) is 1. The van der Waals surface area contributed by atoms with E-state index < -0.39 is 11.9 Å². The van der Waals surface area contributed by atoms with Crippen LogP contribution >= 0.6 is 11.8 Å². The molecule has 0 fully saturated rings. The molecule has 1 N–H and O–H groups in total. The first-order chi connectivity index (χ1) is 10.8. The molecule has 0 aliphatic heterocycles. The molecule has 1 heterocycles. The molecule has 0 aliphatic rings. The number of benzene rings is 1. The Morgan fingerprint density at radius 3 is 2.61 bits per heavy atom. The molecule has 0 unspecified atom stereocenters. The zero-order chi connectivity index (χ0) is 17.0. The van der Waals surface area contributed by atoms with Crippen LogP contribution in [0.3, 0.4) is 0 Å². The maximum Gasteiger partial charge on any atom is 0.433 e. The summed E-state index contributed by atoms with van der Waals surface area (Å²) in [5, 5.41) is 9.37. The van der Waals surface area contributed by atoms with Crippen LogP contribution in [0.15, 0.2) is 24.3 Å². The molecule has 1 aromatic carbocycles. The van der Waals surface area contributed by atoms with Gasteiger partial charge in [-0.15, -0.1) is 0 Å². The summed E-state index contributed by atoms with van der Waals surface area (Å²) in [7, 11) is 0. The highest BCUT2D eigenvalue weighted by Crippen LogP contribution is 2.35. The van der Waals surface area contributed by atoms with Gasteiger partial charge < -0.3 is 9.84 Å². The minimum Gasteiger partial charge on any atom is -0.490 e. The van der Waals surface area contributed by atoms with Crippen LogP contribution in [0, 0.1) is 0 Å². The van der Waals surface area contributed by atoms with E-state index in [0.29, 0.717) is 16.9 Å². The monoisotopic (exact) mass is 345 g/mol. The SMILES string of the molecule is CC(C)Oc1cc(C(F)(F)F)nc2ccc(CSCCO)cc12. The first kappa shape index (κ1) is 17.9. The minimum absolute atomic E-state index is 0.0937. The van der Waals surface area contributed by atoms with Gasteiger partial charge in [0.1, 0.15) is 11.4 Å². The standard InChI is InChI=1S/C16H18F3NO2S/c1-10(2)22-14-8-15(16(17,18)19)20-13-4-3-11(7-12(13)14)9-23-6-5-21/h3-4,7-8,10,21H,5-6,9H2,1-2H3. The molecule has 1 aromatic heterocycles. The molecule has 0 aliphatic carbocycles. The lowest BCUT2D eigenvalue weighted by atomic mass is 10.1. The van der Waals surface area contributed by atoms with Crippen molar-refractivity contribution in [2.45, 2.75) is 31.9 Å². The fourth-order valence-electron chi connectivity index (χ4n) is 2.08. The van der Waals surface area contributed by atoms with E-state index in [1.54, 1.807) is 43.8 Å². The van der Waals surface area contributed by atoms with Crippen molar-refractivity contribution in [1.29, 1.82) is 0 Å². The molecule has 2 rings (SSSR count). The molecule has 0 saturated heterocycles. The number of aliphatic hydroxyl groups excluding tert-OH is 1. The summed E-state index contributed by atoms with van der Waals surface area (Å²) in [6.45, 7) is 3.62. The second-order valence-corrected chi connectivity index (χ2v) is 6.40. The van der Waals surface area contributed by atoms with Crippen LogP contribution in [0.1, 0.15) is 25.1 Å². The smallest absolute Gasteiger partial charge is 0.433 e. The Bertz CT molecular complexity index is 674. The lowest BCUT2D eigenvalue weighted by molar-refractivity contribution is -0.141. The van der Waals surface area contributed by atoms with Gasteiger partial charge >= 0.3 is 6.18 Å². The number of rotatable bonds is 6. The summed E-state index contributed by atoms with van der Waals surface area (Å²) >= 11 is 1.55. The van der Waals surface area contributed by atoms with E-state index in [0.717, 1.165) is 11.6 Å². The van der Waals surface area contributed by atoms with Gasteiger partial charge in [-0.05, 0) is 31.5 Å². The summed E-state index contributed by atoms with van der Waals surface area (Å²) in [4.78, 5) is 3.70. The van der Waals surface area contributed by atoms with Gasteiger partial charge in [0.05, 0.1) is 18.2 Å². The van der Waals surface area contributed by atoms with Gasteiger partial charge in [-0.3, -0.25) is 0 Å². The van der Waals surface area contributed by atoms with Crippen LogP contribution < -0.4 is 4.74 Å². The van der Waals surface area contributed by atoms with Crippen molar-refractivity contribution < 1.29 is 23.0 Å². The summed E-state index contributed by atoms with van der Waals surface area (Å²) in [5.41, 5.74) is 0.251. The first-order valence-electron chi connectivity index (χ1n) is 7.17. The Morgan fingerprint density at radius 1 is 1.26 bits per heavy atom. The number of nitrogens with zero attached hydrogens (tertiary/aromatic N) is 1. The Morgan fingerprint density at radius 2 is 2.00 bits per heavy atom. The molecule has 3 nitrogen and oxygen atoms in total. The number of pyridine rings is 1. The summed E-state index contributed by atoms with van der Waals surface area (Å²) in [6.07, 6.45) is -4.76. The van der Waals surface area contributed by atoms with Gasteiger partial charge in [0.25, 0.3) is 0 Å². The summed E-state index contributed by atoms with van der Waals surface area (Å²) < 4.78 is 44.5. The van der Waals surface area contributed by atoms with E-state index in [2.05, 4.69) is 4.98 Å². The highest BCUT2D eigenvalue weighted by Gasteiger charge is 2.33. The minimum atomic E-state index is -4.51. The van der Waals surface area contributed by atoms with E-state index in [4.69, 9.17) is 9.84 Å². The average molecular weight is 345 g/mol. The predicted octanol–water partition coefficient (Wildman–Crippen LogP) is 4.27. The van der Waals surface area contributed by atoms with Crippen LogP contribution in [-0.4, -0.2) is 28.6 Å². The second kappa shape index (κ2) is 7.40. The van der Waals surface area contributed by atoms with Crippen molar-refractivity contribution >= 4 is 22.7 Å². The van der Waals surface area contributed by atoms with Gasteiger partial charge in [-0.25, -0.2) is 4.98 Å². The van der Waals surface area contributed by atoms with Crippen molar-refractivity contribution in [3.05, 3.63) is 35.5 Å². The van der Waals surface area contributed by atoms with Crippen molar-refractivity contribution in [3.8, 4) is 5.75 Å². The fraction of sp³-hybridized carbons (Fsp3) is 0.438. The molecular weight excluding hydrogens is 327 g/mol. The van der Waals surface area contributed by atoms with E-state index in [1.807, 2.05) is 0 Å². The van der Waals surface area contributed by atoms with Gasteiger partial charge in [0.15, 0.2) is 0 Å². The molecule has 126 valence electrons. The normalized spacial score (nSPS) is 12.1. The van der Waals surface area contributed by atoms with Crippen LogP contribution in [0.25, 0.3) is 10.9 Å². The lowest BCUT2D eigenvalue weighted by Gasteiger charge is -2.15. The molecule has 23 heavy (non-hydrogen) atoms. The zero-order valence-corrected chi connectivity index (χ0v) is 13.7. The average Bonchev–Trinajstić information content (AvgIpc) is 2.46. The van der Waals surface area contributed by atoms with E-state index in [-0.39, 0.29) is 24.0 Å². The number of ether oxygens (including phenoxy) is 1. The van der Waals surface area contributed by atoms with Gasteiger partial charge in [-0.1, -0.05) is 6.07 Å². The highest BCUT2D eigenvalue weighted by molar-refractivity contribution is 7.98. The van der Waals surface area contributed by atoms with Crippen molar-refractivity contribution in [2.24, 2.45) is 0 Å². The molecule has 0 atom stereocenters. The first-order valence-corrected chi connectivity index (χ1v) is 8.33. The third kappa shape index (κ3) is 4.75. The number of halogens is 3. The largest absolute Gasteiger partial charge is 0.490 e. The quantitative estimate of drug-likeness (QED) is 0.794. The fourth-order valence-corrected chi connectivity index (χ4v) is 2.77. The molecule has 7 heteroatoms. The summed E-state index contributed by atoms with van der Waals surface area (Å²) in [6, 6.07) is 6.07. The van der Waals surface area contributed by atoms with E-state index in [9.17, 15) is 13.2 Å². The van der Waals surface area contributed by atoms with Crippen molar-refractivity contribution in [1.82, 2.24) is 4.98 Å². The Kier molecular flexibility index (Phi) is 5.75. The molecule has 2 aromatic rings. The topological polar surface area (TPSA) is 42.4 Å². The Labute approximate surface area is 136 Å². The van der Waals surface area contributed by atoms with Crippen molar-refractivity contribution in [3.63, 3.8) is 0 Å². The lowest BCUT2D eigenvalue weighted by Crippen LogP contribution is -2.11. The third-order valence-electron chi connectivity index (χ3n) is 2.99. The molecule has 0 spiro atoms. The molecule has 0 saturated carbocycles. The second-order valence-electron chi connectivity index (χ2n) is 5.30. The number of hydrogen-bond acceptors (Lipinski definition) is 4. The van der Waals surface area contributed by atoms with Gasteiger partial charge in [-0.2, -0.15) is 24.9 Å². The van der Waals surface area contributed by atoms with Crippen molar-refractivity contribution in [2.75, 3.05) is 12.4 Å². The van der Waals surface area contributed by atoms with E-state index >= 15 is 0 Å². The number of alkyl halides is 3. The maximum absolute atomic E-state index is 13.0. The summed E-state index contributed by atoms with van der Waals surface area (Å²) in [5.74, 6) is 1.46. The number of thioether (sulfide) groups is 1. The molecule has 0 bridgehead atoms. The number of fused-ring (bicyclic) bond motifs is 1. The van der Waals surface area contributed by atoms with E-state index in [1.165, 1.54) is 0 Å². The zero-order valence-electron chi connectivity index (χ0n) is 12.9. The van der Waals surface area contributed by atoms with Crippen LogP contribution in [0.5, 0.6) is 5.75 Å². The van der Waals surface area contributed by atoms with Crippen LogP contribution in [-0.2, 0) is 11.9 Å². The maximum atomic E-state index is 13.0. The predicted molar refractivity (Wildman–Crippen MR) is 85.8 cm³/mol.